The van der Waals surface area contributed by atoms with Crippen molar-refractivity contribution in [2.24, 2.45) is 0 Å². The zero-order valence-corrected chi connectivity index (χ0v) is 12.9. The monoisotopic (exact) mass is 303 g/mol. The summed E-state index contributed by atoms with van der Waals surface area (Å²) in [7, 11) is 1.38. The quantitative estimate of drug-likeness (QED) is 0.606. The number of aromatic nitrogens is 2. The topological polar surface area (TPSA) is 55.3 Å². The molecule has 0 aliphatic rings. The van der Waals surface area contributed by atoms with Gasteiger partial charge in [0.1, 0.15) is 21.9 Å². The molecule has 0 spiro atoms. The second-order valence-corrected chi connectivity index (χ2v) is 5.41. The van der Waals surface area contributed by atoms with E-state index in [9.17, 15) is 4.79 Å². The summed E-state index contributed by atoms with van der Waals surface area (Å²) in [5.74, 6) is 0.434. The number of ether oxygens (including phenoxy) is 1. The molecule has 2 aromatic rings. The van der Waals surface area contributed by atoms with Crippen molar-refractivity contribution in [1.82, 2.24) is 9.97 Å². The Morgan fingerprint density at radius 2 is 2.05 bits per heavy atom. The first-order valence-electron chi connectivity index (χ1n) is 6.43. The molecule has 0 N–H and O–H groups in total. The summed E-state index contributed by atoms with van der Waals surface area (Å²) in [5, 5.41) is 0.881. The molecule has 0 radical (unpaired) electrons. The first-order valence-corrected chi connectivity index (χ1v) is 7.24. The number of carbonyl (C=O) groups is 1. The standard InChI is InChI=1S/C15H17N3O2S/c1-5-7-18(8-6-2)13-11-10(3)12(15(19)20-4)21-14(11)17-9-16-13/h5-6,9H,1-2,7-8H2,3-4H3. The van der Waals surface area contributed by atoms with Crippen LogP contribution in [0.5, 0.6) is 0 Å². The van der Waals surface area contributed by atoms with Gasteiger partial charge in [-0.3, -0.25) is 0 Å². The molecule has 21 heavy (non-hydrogen) atoms. The molecule has 2 rings (SSSR count). The molecular formula is C15H17N3O2S. The van der Waals surface area contributed by atoms with E-state index in [0.717, 1.165) is 21.6 Å². The Labute approximate surface area is 127 Å². The van der Waals surface area contributed by atoms with Gasteiger partial charge >= 0.3 is 5.97 Å². The number of methoxy groups -OCH3 is 1. The first kappa shape index (κ1) is 15.2. The largest absolute Gasteiger partial charge is 0.465 e. The molecule has 2 heterocycles. The Hall–Kier alpha value is -2.21. The predicted octanol–water partition coefficient (Wildman–Crippen LogP) is 2.96. The molecule has 0 saturated carbocycles. The fourth-order valence-electron chi connectivity index (χ4n) is 2.14. The summed E-state index contributed by atoms with van der Waals surface area (Å²) in [6.45, 7) is 10.7. The van der Waals surface area contributed by atoms with Crippen LogP contribution in [0.25, 0.3) is 10.2 Å². The van der Waals surface area contributed by atoms with Crippen molar-refractivity contribution < 1.29 is 9.53 Å². The summed E-state index contributed by atoms with van der Waals surface area (Å²) >= 11 is 1.32. The molecule has 0 amide bonds. The van der Waals surface area contributed by atoms with Gasteiger partial charge in [0.05, 0.1) is 12.5 Å². The van der Waals surface area contributed by atoms with Gasteiger partial charge in [-0.2, -0.15) is 0 Å². The van der Waals surface area contributed by atoms with Crippen molar-refractivity contribution in [3.63, 3.8) is 0 Å². The zero-order chi connectivity index (χ0) is 15.4. The van der Waals surface area contributed by atoms with Gasteiger partial charge in [0.2, 0.25) is 0 Å². The maximum atomic E-state index is 11.8. The van der Waals surface area contributed by atoms with E-state index < -0.39 is 0 Å². The van der Waals surface area contributed by atoms with Crippen LogP contribution in [0.4, 0.5) is 5.82 Å². The number of nitrogens with zero attached hydrogens (tertiary/aromatic N) is 3. The van der Waals surface area contributed by atoms with Gasteiger partial charge in [-0.1, -0.05) is 12.2 Å². The highest BCUT2D eigenvalue weighted by atomic mass is 32.1. The summed E-state index contributed by atoms with van der Waals surface area (Å²) in [4.78, 5) is 23.8. The molecule has 0 aliphatic heterocycles. The van der Waals surface area contributed by atoms with Gasteiger partial charge in [0, 0.05) is 13.1 Å². The van der Waals surface area contributed by atoms with E-state index in [4.69, 9.17) is 4.74 Å². The molecule has 0 fully saturated rings. The highest BCUT2D eigenvalue weighted by molar-refractivity contribution is 7.20. The van der Waals surface area contributed by atoms with Crippen molar-refractivity contribution in [2.45, 2.75) is 6.92 Å². The van der Waals surface area contributed by atoms with Gasteiger partial charge in [-0.25, -0.2) is 14.8 Å². The Morgan fingerprint density at radius 3 is 2.62 bits per heavy atom. The number of esters is 1. The molecule has 0 aromatic carbocycles. The fourth-order valence-corrected chi connectivity index (χ4v) is 3.20. The van der Waals surface area contributed by atoms with E-state index in [1.54, 1.807) is 12.2 Å². The highest BCUT2D eigenvalue weighted by Gasteiger charge is 2.21. The lowest BCUT2D eigenvalue weighted by molar-refractivity contribution is 0.0605. The van der Waals surface area contributed by atoms with Crippen LogP contribution >= 0.6 is 11.3 Å². The van der Waals surface area contributed by atoms with Crippen LogP contribution in [-0.2, 0) is 4.74 Å². The maximum Gasteiger partial charge on any atom is 0.348 e. The minimum absolute atomic E-state index is 0.347. The second-order valence-electron chi connectivity index (χ2n) is 4.41. The summed E-state index contributed by atoms with van der Waals surface area (Å²) in [6.07, 6.45) is 5.12. The third-order valence-corrected chi connectivity index (χ3v) is 4.26. The van der Waals surface area contributed by atoms with Crippen LogP contribution in [0.15, 0.2) is 31.6 Å². The molecule has 6 heteroatoms. The smallest absolute Gasteiger partial charge is 0.348 e. The van der Waals surface area contributed by atoms with Crippen molar-refractivity contribution in [2.75, 3.05) is 25.1 Å². The van der Waals surface area contributed by atoms with Gasteiger partial charge in [-0.05, 0) is 12.5 Å². The number of anilines is 1. The summed E-state index contributed by atoms with van der Waals surface area (Å²) in [5.41, 5.74) is 0.843. The molecule has 0 saturated heterocycles. The number of fused-ring (bicyclic) bond motifs is 1. The van der Waals surface area contributed by atoms with E-state index in [2.05, 4.69) is 23.1 Å². The van der Waals surface area contributed by atoms with Crippen LogP contribution in [0, 0.1) is 6.92 Å². The molecule has 5 nitrogen and oxygen atoms in total. The summed E-state index contributed by atoms with van der Waals surface area (Å²) < 4.78 is 4.82. The molecule has 2 aromatic heterocycles. The van der Waals surface area contributed by atoms with Gasteiger partial charge < -0.3 is 9.64 Å². The molecule has 0 aliphatic carbocycles. The minimum Gasteiger partial charge on any atom is -0.465 e. The average molecular weight is 303 g/mol. The number of thiophene rings is 1. The molecule has 0 atom stereocenters. The molecule has 110 valence electrons. The lowest BCUT2D eigenvalue weighted by atomic mass is 10.2. The Bertz CT molecular complexity index is 684. The minimum atomic E-state index is -0.347. The third-order valence-electron chi connectivity index (χ3n) is 3.08. The maximum absolute atomic E-state index is 11.8. The van der Waals surface area contributed by atoms with E-state index in [1.807, 2.05) is 11.8 Å². The van der Waals surface area contributed by atoms with Crippen LogP contribution in [0.3, 0.4) is 0 Å². The number of aryl methyl sites for hydroxylation is 1. The normalized spacial score (nSPS) is 10.4. The highest BCUT2D eigenvalue weighted by Crippen LogP contribution is 2.35. The van der Waals surface area contributed by atoms with E-state index in [0.29, 0.717) is 18.0 Å². The SMILES string of the molecule is C=CCN(CC=C)c1ncnc2sc(C(=O)OC)c(C)c12. The van der Waals surface area contributed by atoms with Crippen LogP contribution in [-0.4, -0.2) is 36.1 Å². The lowest BCUT2D eigenvalue weighted by Gasteiger charge is -2.21. The van der Waals surface area contributed by atoms with E-state index in [-0.39, 0.29) is 5.97 Å². The number of hydrogen-bond donors (Lipinski definition) is 0. The number of carbonyl (C=O) groups excluding carboxylic acids is 1. The Balaban J connectivity index is 2.63. The Kier molecular flexibility index (Phi) is 4.70. The number of rotatable bonds is 6. The van der Waals surface area contributed by atoms with Crippen molar-refractivity contribution in [1.29, 1.82) is 0 Å². The van der Waals surface area contributed by atoms with Gasteiger partial charge in [0.15, 0.2) is 0 Å². The van der Waals surface area contributed by atoms with Crippen molar-refractivity contribution in [3.8, 4) is 0 Å². The van der Waals surface area contributed by atoms with E-state index in [1.165, 1.54) is 24.8 Å². The predicted molar refractivity (Wildman–Crippen MR) is 86.1 cm³/mol. The fraction of sp³-hybridized carbons (Fsp3) is 0.267. The number of hydrogen-bond acceptors (Lipinski definition) is 6. The van der Waals surface area contributed by atoms with Crippen molar-refractivity contribution >= 4 is 33.3 Å². The third kappa shape index (κ3) is 2.80. The van der Waals surface area contributed by atoms with Crippen LogP contribution in [0.1, 0.15) is 15.2 Å². The summed E-state index contributed by atoms with van der Waals surface area (Å²) in [6, 6.07) is 0. The van der Waals surface area contributed by atoms with Gasteiger partial charge in [-0.15, -0.1) is 24.5 Å². The average Bonchev–Trinajstić information content (AvgIpc) is 2.83. The lowest BCUT2D eigenvalue weighted by Crippen LogP contribution is -2.24. The van der Waals surface area contributed by atoms with Crippen LogP contribution in [0.2, 0.25) is 0 Å². The van der Waals surface area contributed by atoms with Crippen LogP contribution < -0.4 is 4.90 Å². The van der Waals surface area contributed by atoms with Crippen molar-refractivity contribution in [3.05, 3.63) is 42.1 Å². The second kappa shape index (κ2) is 6.49. The first-order chi connectivity index (χ1) is 10.1. The molecule has 0 unspecified atom stereocenters. The van der Waals surface area contributed by atoms with E-state index >= 15 is 0 Å². The molecule has 0 bridgehead atoms. The zero-order valence-electron chi connectivity index (χ0n) is 12.1. The molecular weight excluding hydrogens is 286 g/mol. The van der Waals surface area contributed by atoms with Gasteiger partial charge in [0.25, 0.3) is 0 Å². The Morgan fingerprint density at radius 1 is 1.38 bits per heavy atom.